The van der Waals surface area contributed by atoms with Crippen LogP contribution in [0.15, 0.2) is 28.6 Å². The molecular weight excluding hydrogens is 306 g/mol. The molecule has 0 saturated heterocycles. The topological polar surface area (TPSA) is 71.1 Å². The Morgan fingerprint density at radius 2 is 2.24 bits per heavy atom. The quantitative estimate of drug-likeness (QED) is 0.816. The van der Waals surface area contributed by atoms with Crippen molar-refractivity contribution in [3.05, 3.63) is 23.7 Å². The van der Waals surface area contributed by atoms with Crippen LogP contribution in [0.3, 0.4) is 0 Å². The maximum absolute atomic E-state index is 12.4. The lowest BCUT2D eigenvalue weighted by Gasteiger charge is -2.14. The zero-order valence-corrected chi connectivity index (χ0v) is 13.5. The standard InChI is InChI=1S/C14H19N3O2S2/c1-10(15-8-11-5-6-11)7-17-21(18,19)13-4-2-3-12-14(13)20-9-16-12/h2-4,9-11,15,17H,5-8H2,1H3. The summed E-state index contributed by atoms with van der Waals surface area (Å²) in [7, 11) is -3.49. The summed E-state index contributed by atoms with van der Waals surface area (Å²) in [5, 5.41) is 3.36. The van der Waals surface area contributed by atoms with Crippen molar-refractivity contribution in [3.63, 3.8) is 0 Å². The van der Waals surface area contributed by atoms with Gasteiger partial charge in [-0.25, -0.2) is 18.1 Å². The number of nitrogens with zero attached hydrogens (tertiary/aromatic N) is 1. The molecule has 1 heterocycles. The molecular formula is C14H19N3O2S2. The molecule has 2 aromatic rings. The lowest BCUT2D eigenvalue weighted by Crippen LogP contribution is -2.39. The van der Waals surface area contributed by atoms with E-state index in [4.69, 9.17) is 0 Å². The number of fused-ring (bicyclic) bond motifs is 1. The van der Waals surface area contributed by atoms with E-state index in [0.717, 1.165) is 18.0 Å². The highest BCUT2D eigenvalue weighted by Gasteiger charge is 2.22. The van der Waals surface area contributed by atoms with Gasteiger partial charge in [0.05, 0.1) is 15.7 Å². The smallest absolute Gasteiger partial charge is 0.242 e. The van der Waals surface area contributed by atoms with E-state index in [1.165, 1.54) is 24.2 Å². The number of sulfonamides is 1. The number of hydrogen-bond acceptors (Lipinski definition) is 5. The van der Waals surface area contributed by atoms with Gasteiger partial charge in [0.1, 0.15) is 4.90 Å². The van der Waals surface area contributed by atoms with Crippen molar-refractivity contribution in [1.82, 2.24) is 15.0 Å². The molecule has 1 saturated carbocycles. The maximum Gasteiger partial charge on any atom is 0.242 e. The first-order valence-electron chi connectivity index (χ1n) is 7.11. The van der Waals surface area contributed by atoms with Crippen LogP contribution in [-0.2, 0) is 10.0 Å². The fraction of sp³-hybridized carbons (Fsp3) is 0.500. The molecule has 1 aromatic carbocycles. The normalized spacial score (nSPS) is 17.2. The number of hydrogen-bond donors (Lipinski definition) is 2. The number of thiazole rings is 1. The summed E-state index contributed by atoms with van der Waals surface area (Å²) in [6.07, 6.45) is 2.58. The minimum atomic E-state index is -3.49. The van der Waals surface area contributed by atoms with Crippen LogP contribution < -0.4 is 10.0 Å². The van der Waals surface area contributed by atoms with E-state index in [9.17, 15) is 8.42 Å². The minimum absolute atomic E-state index is 0.126. The predicted octanol–water partition coefficient (Wildman–Crippen LogP) is 1.96. The molecule has 5 nitrogen and oxygen atoms in total. The summed E-state index contributed by atoms with van der Waals surface area (Å²) in [6.45, 7) is 3.37. The van der Waals surface area contributed by atoms with Crippen LogP contribution in [0, 0.1) is 5.92 Å². The Balaban J connectivity index is 1.67. The Labute approximate surface area is 128 Å². The number of rotatable bonds is 7. The van der Waals surface area contributed by atoms with Gasteiger partial charge >= 0.3 is 0 Å². The summed E-state index contributed by atoms with van der Waals surface area (Å²) in [5.74, 6) is 0.787. The first kappa shape index (κ1) is 14.9. The fourth-order valence-electron chi connectivity index (χ4n) is 2.15. The Morgan fingerprint density at radius 3 is 3.00 bits per heavy atom. The zero-order chi connectivity index (χ0) is 14.9. The van der Waals surface area contributed by atoms with Gasteiger partial charge in [-0.2, -0.15) is 0 Å². The summed E-state index contributed by atoms with van der Waals surface area (Å²) >= 11 is 1.35. The molecule has 3 rings (SSSR count). The summed E-state index contributed by atoms with van der Waals surface area (Å²) < 4.78 is 28.3. The van der Waals surface area contributed by atoms with Crippen LogP contribution in [0.4, 0.5) is 0 Å². The molecule has 1 aromatic heterocycles. The molecule has 7 heteroatoms. The van der Waals surface area contributed by atoms with Crippen LogP contribution in [0.5, 0.6) is 0 Å². The largest absolute Gasteiger partial charge is 0.313 e. The molecule has 1 atom stereocenters. The zero-order valence-electron chi connectivity index (χ0n) is 11.9. The molecule has 1 unspecified atom stereocenters. The average molecular weight is 325 g/mol. The third-order valence-corrected chi connectivity index (χ3v) is 6.11. The van der Waals surface area contributed by atoms with Gasteiger partial charge in [-0.15, -0.1) is 11.3 Å². The van der Waals surface area contributed by atoms with Crippen molar-refractivity contribution in [3.8, 4) is 0 Å². The van der Waals surface area contributed by atoms with Gasteiger partial charge in [-0.1, -0.05) is 6.07 Å². The molecule has 0 aliphatic heterocycles. The van der Waals surface area contributed by atoms with Crippen LogP contribution in [0.1, 0.15) is 19.8 Å². The highest BCUT2D eigenvalue weighted by molar-refractivity contribution is 7.90. The monoisotopic (exact) mass is 325 g/mol. The van der Waals surface area contributed by atoms with Crippen LogP contribution in [0.2, 0.25) is 0 Å². The summed E-state index contributed by atoms with van der Waals surface area (Å²) in [5.41, 5.74) is 2.39. The molecule has 0 spiro atoms. The van der Waals surface area contributed by atoms with E-state index in [1.807, 2.05) is 13.0 Å². The number of nitrogens with one attached hydrogen (secondary N) is 2. The second kappa shape index (κ2) is 6.00. The fourth-order valence-corrected chi connectivity index (χ4v) is 4.55. The van der Waals surface area contributed by atoms with Gasteiger partial charge in [0.2, 0.25) is 10.0 Å². The average Bonchev–Trinajstić information content (AvgIpc) is 3.17. The van der Waals surface area contributed by atoms with Crippen molar-refractivity contribution in [2.75, 3.05) is 13.1 Å². The van der Waals surface area contributed by atoms with Gasteiger partial charge in [0, 0.05) is 12.6 Å². The van der Waals surface area contributed by atoms with Crippen LogP contribution in [-0.4, -0.2) is 32.5 Å². The molecule has 114 valence electrons. The summed E-state index contributed by atoms with van der Waals surface area (Å²) in [6, 6.07) is 5.31. The Morgan fingerprint density at radius 1 is 1.43 bits per heavy atom. The van der Waals surface area contributed by atoms with Gasteiger partial charge in [0.15, 0.2) is 0 Å². The van der Waals surface area contributed by atoms with Gasteiger partial charge in [-0.3, -0.25) is 0 Å². The molecule has 0 bridgehead atoms. The van der Waals surface area contributed by atoms with Crippen LogP contribution >= 0.6 is 11.3 Å². The Hall–Kier alpha value is -1.02. The third-order valence-electron chi connectivity index (χ3n) is 3.64. The molecule has 1 fully saturated rings. The van der Waals surface area contributed by atoms with Crippen molar-refractivity contribution >= 4 is 31.6 Å². The van der Waals surface area contributed by atoms with Gasteiger partial charge in [-0.05, 0) is 44.4 Å². The lowest BCUT2D eigenvalue weighted by molar-refractivity contribution is 0.511. The maximum atomic E-state index is 12.4. The molecule has 1 aliphatic rings. The van der Waals surface area contributed by atoms with Crippen molar-refractivity contribution in [1.29, 1.82) is 0 Å². The predicted molar refractivity (Wildman–Crippen MR) is 85.0 cm³/mol. The van der Waals surface area contributed by atoms with E-state index in [-0.39, 0.29) is 6.04 Å². The molecule has 21 heavy (non-hydrogen) atoms. The van der Waals surface area contributed by atoms with E-state index in [1.54, 1.807) is 17.6 Å². The number of benzene rings is 1. The van der Waals surface area contributed by atoms with E-state index in [2.05, 4.69) is 15.0 Å². The second-order valence-corrected chi connectivity index (χ2v) is 8.15. The highest BCUT2D eigenvalue weighted by Crippen LogP contribution is 2.28. The van der Waals surface area contributed by atoms with E-state index in [0.29, 0.717) is 16.1 Å². The molecule has 0 radical (unpaired) electrons. The Kier molecular flexibility index (Phi) is 4.26. The first-order chi connectivity index (χ1) is 10.1. The minimum Gasteiger partial charge on any atom is -0.313 e. The number of aromatic nitrogens is 1. The SMILES string of the molecule is CC(CNS(=O)(=O)c1cccc2ncsc12)NCC1CC1. The van der Waals surface area contributed by atoms with E-state index >= 15 is 0 Å². The van der Waals surface area contributed by atoms with Gasteiger partial charge in [0.25, 0.3) is 0 Å². The third kappa shape index (κ3) is 3.60. The molecule has 0 amide bonds. The highest BCUT2D eigenvalue weighted by atomic mass is 32.2. The van der Waals surface area contributed by atoms with Crippen molar-refractivity contribution in [2.24, 2.45) is 5.92 Å². The lowest BCUT2D eigenvalue weighted by atomic mass is 10.3. The van der Waals surface area contributed by atoms with Crippen molar-refractivity contribution < 1.29 is 8.42 Å². The van der Waals surface area contributed by atoms with E-state index < -0.39 is 10.0 Å². The molecule has 2 N–H and O–H groups in total. The summed E-state index contributed by atoms with van der Waals surface area (Å²) in [4.78, 5) is 4.47. The Bertz CT molecular complexity index is 723. The second-order valence-electron chi connectivity index (χ2n) is 5.56. The van der Waals surface area contributed by atoms with Crippen molar-refractivity contribution in [2.45, 2.75) is 30.7 Å². The first-order valence-corrected chi connectivity index (χ1v) is 9.48. The van der Waals surface area contributed by atoms with Gasteiger partial charge < -0.3 is 5.32 Å². The van der Waals surface area contributed by atoms with Crippen LogP contribution in [0.25, 0.3) is 10.2 Å². The molecule has 1 aliphatic carbocycles.